The SMILES string of the molecule is CCn1c(C)c(C(C)=O)c(N2CC[NH+](C(c3ccccc3)c3ccccc3)CC2)nc1=S. The van der Waals surface area contributed by atoms with Gasteiger partial charge in [-0.3, -0.25) is 4.79 Å². The highest BCUT2D eigenvalue weighted by atomic mass is 32.1. The molecule has 3 aromatic rings. The highest BCUT2D eigenvalue weighted by Gasteiger charge is 2.32. The number of hydrogen-bond donors (Lipinski definition) is 1. The van der Waals surface area contributed by atoms with E-state index in [1.54, 1.807) is 6.92 Å². The Morgan fingerprint density at radius 1 is 1.03 bits per heavy atom. The van der Waals surface area contributed by atoms with E-state index in [9.17, 15) is 4.79 Å². The second kappa shape index (κ2) is 9.76. The molecule has 1 aromatic heterocycles. The van der Waals surface area contributed by atoms with Gasteiger partial charge in [0.1, 0.15) is 11.9 Å². The van der Waals surface area contributed by atoms with E-state index in [1.165, 1.54) is 16.0 Å². The molecule has 1 aliphatic heterocycles. The number of carbonyl (C=O) groups excluding carboxylic acids is 1. The van der Waals surface area contributed by atoms with E-state index in [-0.39, 0.29) is 11.8 Å². The van der Waals surface area contributed by atoms with Gasteiger partial charge in [0.05, 0.1) is 31.7 Å². The number of nitrogens with one attached hydrogen (secondary N) is 1. The summed E-state index contributed by atoms with van der Waals surface area (Å²) < 4.78 is 2.49. The lowest BCUT2D eigenvalue weighted by atomic mass is 9.96. The fraction of sp³-hybridized carbons (Fsp3) is 0.346. The Hall–Kier alpha value is -2.83. The number of Topliss-reactive ketones (excluding diaryl/α,β-unsaturated/α-hetero) is 1. The molecule has 2 heterocycles. The minimum Gasteiger partial charge on any atom is -0.345 e. The Morgan fingerprint density at radius 3 is 2.03 bits per heavy atom. The third-order valence-corrected chi connectivity index (χ3v) is 6.78. The summed E-state index contributed by atoms with van der Waals surface area (Å²) >= 11 is 5.54. The van der Waals surface area contributed by atoms with Crippen LogP contribution in [0.2, 0.25) is 0 Å². The van der Waals surface area contributed by atoms with Crippen LogP contribution in [0.3, 0.4) is 0 Å². The third-order valence-electron chi connectivity index (χ3n) is 6.47. The third kappa shape index (κ3) is 4.38. The number of aromatic nitrogens is 2. The first-order valence-electron chi connectivity index (χ1n) is 11.3. The molecule has 4 rings (SSSR count). The van der Waals surface area contributed by atoms with Gasteiger partial charge >= 0.3 is 0 Å². The van der Waals surface area contributed by atoms with E-state index in [2.05, 4.69) is 65.6 Å². The lowest BCUT2D eigenvalue weighted by molar-refractivity contribution is -0.926. The summed E-state index contributed by atoms with van der Waals surface area (Å²) in [5, 5.41) is 0. The molecule has 0 atom stereocenters. The normalized spacial score (nSPS) is 14.7. The summed E-state index contributed by atoms with van der Waals surface area (Å²) in [6.45, 7) is 9.94. The number of carbonyl (C=O) groups is 1. The van der Waals surface area contributed by atoms with Gasteiger partial charge in [0.15, 0.2) is 5.78 Å². The Labute approximate surface area is 195 Å². The minimum absolute atomic E-state index is 0.0448. The first-order valence-corrected chi connectivity index (χ1v) is 11.7. The molecule has 1 saturated heterocycles. The summed E-state index contributed by atoms with van der Waals surface area (Å²) in [7, 11) is 0. The molecule has 0 unspecified atom stereocenters. The second-order valence-corrected chi connectivity index (χ2v) is 8.74. The van der Waals surface area contributed by atoms with Crippen LogP contribution in [-0.2, 0) is 6.54 Å². The van der Waals surface area contributed by atoms with E-state index < -0.39 is 0 Å². The Morgan fingerprint density at radius 2 is 1.56 bits per heavy atom. The van der Waals surface area contributed by atoms with Crippen molar-refractivity contribution in [3.8, 4) is 0 Å². The topological polar surface area (TPSA) is 42.6 Å². The van der Waals surface area contributed by atoms with Crippen LogP contribution in [0.4, 0.5) is 5.82 Å². The molecule has 166 valence electrons. The summed E-state index contributed by atoms with van der Waals surface area (Å²) in [5.74, 6) is 0.795. The van der Waals surface area contributed by atoms with Crippen LogP contribution in [0, 0.1) is 11.7 Å². The standard InChI is InChI=1S/C26H30N4OS/c1-4-30-19(2)23(20(3)31)25(27-26(30)32)29-17-15-28(16-18-29)24(21-11-7-5-8-12-21)22-13-9-6-10-14-22/h5-14,24H,4,15-18H2,1-3H3/p+1. The number of ketones is 1. The lowest BCUT2D eigenvalue weighted by Crippen LogP contribution is -3.15. The van der Waals surface area contributed by atoms with E-state index in [0.29, 0.717) is 16.9 Å². The summed E-state index contributed by atoms with van der Waals surface area (Å²) in [6.07, 6.45) is 0. The van der Waals surface area contributed by atoms with Crippen molar-refractivity contribution in [2.75, 3.05) is 31.1 Å². The van der Waals surface area contributed by atoms with Gasteiger partial charge in [-0.2, -0.15) is 0 Å². The maximum Gasteiger partial charge on any atom is 0.201 e. The van der Waals surface area contributed by atoms with Gasteiger partial charge in [-0.25, -0.2) is 4.98 Å². The number of nitrogens with zero attached hydrogens (tertiary/aromatic N) is 3. The maximum absolute atomic E-state index is 12.5. The molecule has 6 heteroatoms. The van der Waals surface area contributed by atoms with Crippen molar-refractivity contribution in [1.29, 1.82) is 0 Å². The van der Waals surface area contributed by atoms with E-state index in [1.807, 2.05) is 18.4 Å². The highest BCUT2D eigenvalue weighted by Crippen LogP contribution is 2.24. The number of rotatable bonds is 6. The lowest BCUT2D eigenvalue weighted by Gasteiger charge is -2.38. The zero-order chi connectivity index (χ0) is 22.7. The number of anilines is 1. The number of benzene rings is 2. The number of hydrogen-bond acceptors (Lipinski definition) is 4. The smallest absolute Gasteiger partial charge is 0.201 e. The molecular formula is C26H31N4OS+. The molecule has 1 N–H and O–H groups in total. The van der Waals surface area contributed by atoms with Crippen LogP contribution in [0.5, 0.6) is 0 Å². The van der Waals surface area contributed by atoms with Crippen molar-refractivity contribution in [2.24, 2.45) is 0 Å². The molecule has 0 spiro atoms. The van der Waals surface area contributed by atoms with E-state index >= 15 is 0 Å². The zero-order valence-corrected chi connectivity index (χ0v) is 19.9. The molecule has 0 aliphatic carbocycles. The van der Waals surface area contributed by atoms with Crippen molar-refractivity contribution in [2.45, 2.75) is 33.4 Å². The van der Waals surface area contributed by atoms with Gasteiger partial charge in [-0.05, 0) is 33.0 Å². The first-order chi connectivity index (χ1) is 15.5. The summed E-state index contributed by atoms with van der Waals surface area (Å²) in [6, 6.07) is 21.8. The van der Waals surface area contributed by atoms with Crippen molar-refractivity contribution in [3.63, 3.8) is 0 Å². The largest absolute Gasteiger partial charge is 0.345 e. The molecule has 0 bridgehead atoms. The van der Waals surface area contributed by atoms with Gasteiger partial charge in [-0.15, -0.1) is 0 Å². The summed E-state index contributed by atoms with van der Waals surface area (Å²) in [5.41, 5.74) is 4.27. The quantitative estimate of drug-likeness (QED) is 0.463. The average Bonchev–Trinajstić information content (AvgIpc) is 2.81. The van der Waals surface area contributed by atoms with E-state index in [4.69, 9.17) is 17.2 Å². The Kier molecular flexibility index (Phi) is 6.82. The Bertz CT molecular complexity index is 1100. The maximum atomic E-state index is 12.5. The predicted molar refractivity (Wildman–Crippen MR) is 131 cm³/mol. The van der Waals surface area contributed by atoms with Gasteiger partial charge in [0, 0.05) is 23.4 Å². The average molecular weight is 448 g/mol. The van der Waals surface area contributed by atoms with Crippen LogP contribution < -0.4 is 9.80 Å². The second-order valence-electron chi connectivity index (χ2n) is 8.38. The fourth-order valence-corrected chi connectivity index (χ4v) is 5.26. The highest BCUT2D eigenvalue weighted by molar-refractivity contribution is 7.71. The fourth-order valence-electron chi connectivity index (χ4n) is 4.91. The molecular weight excluding hydrogens is 416 g/mol. The van der Waals surface area contributed by atoms with Crippen LogP contribution in [-0.4, -0.2) is 41.5 Å². The zero-order valence-electron chi connectivity index (χ0n) is 19.0. The van der Waals surface area contributed by atoms with Crippen molar-refractivity contribution < 1.29 is 9.69 Å². The predicted octanol–water partition coefficient (Wildman–Crippen LogP) is 3.64. The molecule has 5 nitrogen and oxygen atoms in total. The minimum atomic E-state index is 0.0448. The molecule has 32 heavy (non-hydrogen) atoms. The van der Waals surface area contributed by atoms with Crippen LogP contribution >= 0.6 is 12.2 Å². The first kappa shape index (κ1) is 22.4. The molecule has 2 aromatic carbocycles. The van der Waals surface area contributed by atoms with Crippen molar-refractivity contribution in [3.05, 3.63) is 87.8 Å². The van der Waals surface area contributed by atoms with Gasteiger partial charge in [0.25, 0.3) is 0 Å². The van der Waals surface area contributed by atoms with Gasteiger partial charge in [0.2, 0.25) is 4.77 Å². The summed E-state index contributed by atoms with van der Waals surface area (Å²) in [4.78, 5) is 21.0. The van der Waals surface area contributed by atoms with E-state index in [0.717, 1.165) is 37.7 Å². The molecule has 0 amide bonds. The van der Waals surface area contributed by atoms with Crippen molar-refractivity contribution in [1.82, 2.24) is 9.55 Å². The van der Waals surface area contributed by atoms with Gasteiger partial charge < -0.3 is 14.4 Å². The molecule has 1 aliphatic rings. The van der Waals surface area contributed by atoms with Gasteiger partial charge in [-0.1, -0.05) is 60.7 Å². The molecule has 1 fully saturated rings. The van der Waals surface area contributed by atoms with Crippen molar-refractivity contribution >= 4 is 23.8 Å². The van der Waals surface area contributed by atoms with Crippen LogP contribution in [0.15, 0.2) is 60.7 Å². The number of piperazine rings is 1. The number of quaternary nitrogens is 1. The van der Waals surface area contributed by atoms with Crippen LogP contribution in [0.1, 0.15) is 47.1 Å². The monoisotopic (exact) mass is 447 g/mol. The molecule has 0 radical (unpaired) electrons. The van der Waals surface area contributed by atoms with Crippen LogP contribution in [0.25, 0.3) is 0 Å². The Balaban J connectivity index is 1.63. The molecule has 0 saturated carbocycles.